The number of amides is 1. The van der Waals surface area contributed by atoms with Crippen molar-refractivity contribution < 1.29 is 9.18 Å². The van der Waals surface area contributed by atoms with Crippen molar-refractivity contribution in [2.24, 2.45) is 0 Å². The van der Waals surface area contributed by atoms with E-state index < -0.39 is 0 Å². The first kappa shape index (κ1) is 14.3. The second kappa shape index (κ2) is 6.38. The maximum Gasteiger partial charge on any atom is 0.216 e. The lowest BCUT2D eigenvalue weighted by Crippen LogP contribution is -2.22. The molecule has 1 aromatic carbocycles. The van der Waals surface area contributed by atoms with Crippen molar-refractivity contribution in [3.8, 4) is 11.4 Å². The average Bonchev–Trinajstić information content (AvgIpc) is 2.77. The smallest absolute Gasteiger partial charge is 0.216 e. The summed E-state index contributed by atoms with van der Waals surface area (Å²) < 4.78 is 14.2. The van der Waals surface area contributed by atoms with Crippen LogP contribution in [-0.2, 0) is 4.79 Å². The summed E-state index contributed by atoms with van der Waals surface area (Å²) in [5, 5.41) is 11.2. The number of nitrogen functional groups attached to an aromatic ring is 1. The fourth-order valence-electron chi connectivity index (χ4n) is 1.54. The SMILES string of the molecule is CC(=O)NCCSc1nnc(-c2ccc(F)cc2)n1N. The maximum absolute atomic E-state index is 12.9. The normalized spacial score (nSPS) is 10.5. The lowest BCUT2D eigenvalue weighted by atomic mass is 10.2. The Hall–Kier alpha value is -2.09. The van der Waals surface area contributed by atoms with Gasteiger partial charge in [-0.3, -0.25) is 4.79 Å². The van der Waals surface area contributed by atoms with Crippen LogP contribution in [-0.4, -0.2) is 33.1 Å². The molecular formula is C12H14FN5OS. The standard InChI is InChI=1S/C12H14FN5OS/c1-8(19)15-6-7-20-12-17-16-11(18(12)14)9-2-4-10(13)5-3-9/h2-5H,6-7,14H2,1H3,(H,15,19). The number of rotatable bonds is 5. The summed E-state index contributed by atoms with van der Waals surface area (Å²) in [4.78, 5) is 10.7. The highest BCUT2D eigenvalue weighted by atomic mass is 32.2. The summed E-state index contributed by atoms with van der Waals surface area (Å²) in [6.45, 7) is 1.99. The molecule has 6 nitrogen and oxygen atoms in total. The molecule has 8 heteroatoms. The molecule has 3 N–H and O–H groups in total. The number of halogens is 1. The van der Waals surface area contributed by atoms with Gasteiger partial charge in [0.15, 0.2) is 5.82 Å². The average molecular weight is 295 g/mol. The van der Waals surface area contributed by atoms with Crippen LogP contribution in [0.3, 0.4) is 0 Å². The quantitative estimate of drug-likeness (QED) is 0.489. The van der Waals surface area contributed by atoms with Crippen molar-refractivity contribution in [1.29, 1.82) is 0 Å². The number of aromatic nitrogens is 3. The molecule has 0 aliphatic heterocycles. The van der Waals surface area contributed by atoms with E-state index in [9.17, 15) is 9.18 Å². The lowest BCUT2D eigenvalue weighted by Gasteiger charge is -2.04. The number of benzene rings is 1. The highest BCUT2D eigenvalue weighted by Crippen LogP contribution is 2.21. The van der Waals surface area contributed by atoms with Gasteiger partial charge in [-0.15, -0.1) is 10.2 Å². The van der Waals surface area contributed by atoms with Crippen LogP contribution in [0.2, 0.25) is 0 Å². The second-order valence-electron chi connectivity index (χ2n) is 4.01. The van der Waals surface area contributed by atoms with Crippen LogP contribution >= 0.6 is 11.8 Å². The van der Waals surface area contributed by atoms with Gasteiger partial charge in [0.25, 0.3) is 0 Å². The summed E-state index contributed by atoms with van der Waals surface area (Å²) in [6, 6.07) is 5.87. The summed E-state index contributed by atoms with van der Waals surface area (Å²) >= 11 is 1.38. The minimum Gasteiger partial charge on any atom is -0.356 e. The van der Waals surface area contributed by atoms with Gasteiger partial charge in [0.1, 0.15) is 5.82 Å². The Balaban J connectivity index is 2.03. The zero-order valence-electron chi connectivity index (χ0n) is 10.8. The molecule has 0 radical (unpaired) electrons. The lowest BCUT2D eigenvalue weighted by molar-refractivity contribution is -0.118. The molecule has 1 heterocycles. The van der Waals surface area contributed by atoms with Crippen molar-refractivity contribution >= 4 is 17.7 Å². The molecule has 1 aromatic heterocycles. The van der Waals surface area contributed by atoms with E-state index in [1.54, 1.807) is 12.1 Å². The van der Waals surface area contributed by atoms with Crippen LogP contribution in [0.5, 0.6) is 0 Å². The fourth-order valence-corrected chi connectivity index (χ4v) is 2.25. The molecule has 2 aromatic rings. The Morgan fingerprint density at radius 2 is 2.10 bits per heavy atom. The monoisotopic (exact) mass is 295 g/mol. The van der Waals surface area contributed by atoms with E-state index in [0.29, 0.717) is 28.8 Å². The third-order valence-corrected chi connectivity index (χ3v) is 3.42. The van der Waals surface area contributed by atoms with Gasteiger partial charge in [0.2, 0.25) is 11.1 Å². The van der Waals surface area contributed by atoms with Crippen molar-refractivity contribution in [3.63, 3.8) is 0 Å². The van der Waals surface area contributed by atoms with Crippen LogP contribution in [0.4, 0.5) is 4.39 Å². The molecule has 0 atom stereocenters. The van der Waals surface area contributed by atoms with E-state index in [1.807, 2.05) is 0 Å². The molecule has 0 aliphatic rings. The highest BCUT2D eigenvalue weighted by molar-refractivity contribution is 7.99. The Morgan fingerprint density at radius 3 is 2.75 bits per heavy atom. The first-order chi connectivity index (χ1) is 9.58. The molecule has 0 saturated carbocycles. The maximum atomic E-state index is 12.9. The van der Waals surface area contributed by atoms with E-state index >= 15 is 0 Å². The van der Waals surface area contributed by atoms with E-state index in [-0.39, 0.29) is 11.7 Å². The van der Waals surface area contributed by atoms with E-state index in [1.165, 1.54) is 35.5 Å². The number of nitrogens with one attached hydrogen (secondary N) is 1. The molecular weight excluding hydrogens is 281 g/mol. The van der Waals surface area contributed by atoms with Crippen molar-refractivity contribution in [1.82, 2.24) is 20.2 Å². The zero-order valence-corrected chi connectivity index (χ0v) is 11.7. The molecule has 0 unspecified atom stereocenters. The molecule has 106 valence electrons. The van der Waals surface area contributed by atoms with Crippen LogP contribution in [0.25, 0.3) is 11.4 Å². The van der Waals surface area contributed by atoms with Crippen LogP contribution in [0, 0.1) is 5.82 Å². The Bertz CT molecular complexity index is 598. The van der Waals surface area contributed by atoms with Crippen LogP contribution < -0.4 is 11.2 Å². The number of carbonyl (C=O) groups excluding carboxylic acids is 1. The van der Waals surface area contributed by atoms with Gasteiger partial charge in [0.05, 0.1) is 0 Å². The minimum atomic E-state index is -0.318. The predicted octanol–water partition coefficient (Wildman–Crippen LogP) is 1.03. The molecule has 0 aliphatic carbocycles. The predicted molar refractivity (Wildman–Crippen MR) is 75.0 cm³/mol. The molecule has 0 fully saturated rings. The third-order valence-electron chi connectivity index (χ3n) is 2.47. The molecule has 2 rings (SSSR count). The summed E-state index contributed by atoms with van der Waals surface area (Å²) in [7, 11) is 0. The number of thioether (sulfide) groups is 1. The first-order valence-electron chi connectivity index (χ1n) is 5.91. The topological polar surface area (TPSA) is 85.8 Å². The second-order valence-corrected chi connectivity index (χ2v) is 5.08. The van der Waals surface area contributed by atoms with Crippen molar-refractivity contribution in [2.75, 3.05) is 18.1 Å². The number of hydrogen-bond acceptors (Lipinski definition) is 5. The van der Waals surface area contributed by atoms with E-state index in [4.69, 9.17) is 5.84 Å². The van der Waals surface area contributed by atoms with E-state index in [0.717, 1.165) is 0 Å². The Labute approximate surface area is 119 Å². The Kier molecular flexibility index (Phi) is 4.57. The largest absolute Gasteiger partial charge is 0.356 e. The summed E-state index contributed by atoms with van der Waals surface area (Å²) in [5.41, 5.74) is 0.690. The molecule has 1 amide bonds. The number of carbonyl (C=O) groups is 1. The van der Waals surface area contributed by atoms with Gasteiger partial charge in [0, 0.05) is 24.8 Å². The summed E-state index contributed by atoms with van der Waals surface area (Å²) in [5.74, 6) is 6.61. The Morgan fingerprint density at radius 1 is 1.40 bits per heavy atom. The molecule has 0 bridgehead atoms. The zero-order chi connectivity index (χ0) is 14.5. The number of nitrogens with zero attached hydrogens (tertiary/aromatic N) is 3. The molecule has 0 spiro atoms. The fraction of sp³-hybridized carbons (Fsp3) is 0.250. The van der Waals surface area contributed by atoms with E-state index in [2.05, 4.69) is 15.5 Å². The van der Waals surface area contributed by atoms with Gasteiger partial charge >= 0.3 is 0 Å². The van der Waals surface area contributed by atoms with Gasteiger partial charge in [-0.2, -0.15) is 0 Å². The third kappa shape index (κ3) is 3.47. The number of hydrogen-bond donors (Lipinski definition) is 2. The van der Waals surface area contributed by atoms with Gasteiger partial charge in [-0.05, 0) is 24.3 Å². The highest BCUT2D eigenvalue weighted by Gasteiger charge is 2.11. The van der Waals surface area contributed by atoms with Gasteiger partial charge in [-0.25, -0.2) is 9.07 Å². The van der Waals surface area contributed by atoms with Crippen LogP contribution in [0.15, 0.2) is 29.4 Å². The molecule has 0 saturated heterocycles. The summed E-state index contributed by atoms with van der Waals surface area (Å²) in [6.07, 6.45) is 0. The van der Waals surface area contributed by atoms with Gasteiger partial charge < -0.3 is 11.2 Å². The first-order valence-corrected chi connectivity index (χ1v) is 6.90. The van der Waals surface area contributed by atoms with Crippen LogP contribution in [0.1, 0.15) is 6.92 Å². The molecule has 20 heavy (non-hydrogen) atoms. The van der Waals surface area contributed by atoms with Gasteiger partial charge in [-0.1, -0.05) is 11.8 Å². The van der Waals surface area contributed by atoms with Crippen molar-refractivity contribution in [2.45, 2.75) is 12.1 Å². The minimum absolute atomic E-state index is 0.0770. The van der Waals surface area contributed by atoms with Crippen molar-refractivity contribution in [3.05, 3.63) is 30.1 Å². The number of nitrogens with two attached hydrogens (primary N) is 1.